The van der Waals surface area contributed by atoms with Crippen LogP contribution in [0.25, 0.3) is 0 Å². The highest BCUT2D eigenvalue weighted by atomic mass is 16.6. The van der Waals surface area contributed by atoms with Gasteiger partial charge in [-0.1, -0.05) is 29.9 Å². The minimum Gasteiger partial charge on any atom is -0.461 e. The van der Waals surface area contributed by atoms with Crippen molar-refractivity contribution in [1.29, 1.82) is 0 Å². The van der Waals surface area contributed by atoms with E-state index >= 15 is 0 Å². The van der Waals surface area contributed by atoms with Crippen molar-refractivity contribution < 1.29 is 28.6 Å². The third-order valence-electron chi connectivity index (χ3n) is 4.97. The van der Waals surface area contributed by atoms with E-state index in [1.54, 1.807) is 13.0 Å². The van der Waals surface area contributed by atoms with Gasteiger partial charge in [0, 0.05) is 18.9 Å². The van der Waals surface area contributed by atoms with Crippen LogP contribution in [0, 0.1) is 5.92 Å². The number of carbonyl (C=O) groups excluding carboxylic acids is 3. The molecule has 2 rings (SSSR count). The van der Waals surface area contributed by atoms with E-state index in [1.165, 1.54) is 6.92 Å². The van der Waals surface area contributed by atoms with E-state index in [4.69, 9.17) is 14.2 Å². The Kier molecular flexibility index (Phi) is 7.38. The zero-order valence-electron chi connectivity index (χ0n) is 16.9. The summed E-state index contributed by atoms with van der Waals surface area (Å²) in [4.78, 5) is 35.9. The molecule has 0 aromatic heterocycles. The number of esters is 3. The zero-order chi connectivity index (χ0) is 20.8. The summed E-state index contributed by atoms with van der Waals surface area (Å²) >= 11 is 0. The number of ether oxygens (including phenoxy) is 3. The lowest BCUT2D eigenvalue weighted by Crippen LogP contribution is -2.34. The molecule has 0 unspecified atom stereocenters. The van der Waals surface area contributed by atoms with E-state index in [0.717, 1.165) is 24.0 Å². The normalized spacial score (nSPS) is 29.6. The number of hydrogen-bond acceptors (Lipinski definition) is 6. The van der Waals surface area contributed by atoms with Crippen molar-refractivity contribution in [2.24, 2.45) is 5.92 Å². The van der Waals surface area contributed by atoms with E-state index in [1.807, 2.05) is 19.9 Å². The third-order valence-corrected chi connectivity index (χ3v) is 4.97. The SMILES string of the molecule is C=C1C(=O)O[C@@H]2/C=C(\C)CC/C=C(\C)C[C@H](OC(=O)/C(=C\C)COC(C)=O)[C@@H]12. The Balaban J connectivity index is 2.30. The van der Waals surface area contributed by atoms with Crippen LogP contribution in [0.5, 0.6) is 0 Å². The van der Waals surface area contributed by atoms with Crippen LogP contribution in [0.4, 0.5) is 0 Å². The molecule has 1 saturated heterocycles. The Bertz CT molecular complexity index is 755. The highest BCUT2D eigenvalue weighted by molar-refractivity contribution is 5.92. The number of rotatable bonds is 4. The van der Waals surface area contributed by atoms with Crippen LogP contribution in [-0.4, -0.2) is 36.7 Å². The minimum absolute atomic E-state index is 0.157. The van der Waals surface area contributed by atoms with Crippen molar-refractivity contribution >= 4 is 17.9 Å². The van der Waals surface area contributed by atoms with Gasteiger partial charge in [0.25, 0.3) is 0 Å². The van der Waals surface area contributed by atoms with Crippen LogP contribution >= 0.6 is 0 Å². The average molecular weight is 388 g/mol. The molecule has 6 heteroatoms. The summed E-state index contributed by atoms with van der Waals surface area (Å²) < 4.78 is 16.2. The lowest BCUT2D eigenvalue weighted by atomic mass is 9.85. The molecule has 6 nitrogen and oxygen atoms in total. The molecule has 1 heterocycles. The first-order valence-corrected chi connectivity index (χ1v) is 9.45. The molecular formula is C22H28O6. The summed E-state index contributed by atoms with van der Waals surface area (Å²) in [5.74, 6) is -1.98. The maximum atomic E-state index is 12.7. The summed E-state index contributed by atoms with van der Waals surface area (Å²) in [7, 11) is 0. The first kappa shape index (κ1) is 21.7. The molecule has 152 valence electrons. The van der Waals surface area contributed by atoms with Crippen LogP contribution in [-0.2, 0) is 28.6 Å². The van der Waals surface area contributed by atoms with Gasteiger partial charge in [0.15, 0.2) is 0 Å². The first-order valence-electron chi connectivity index (χ1n) is 9.45. The lowest BCUT2D eigenvalue weighted by molar-refractivity contribution is -0.148. The Morgan fingerprint density at radius 2 is 2.04 bits per heavy atom. The van der Waals surface area contributed by atoms with Crippen LogP contribution < -0.4 is 0 Å². The van der Waals surface area contributed by atoms with Crippen molar-refractivity contribution in [2.75, 3.05) is 6.61 Å². The van der Waals surface area contributed by atoms with E-state index in [0.29, 0.717) is 12.0 Å². The predicted molar refractivity (Wildman–Crippen MR) is 104 cm³/mol. The molecule has 3 atom stereocenters. The second kappa shape index (κ2) is 9.53. The fourth-order valence-corrected chi connectivity index (χ4v) is 3.39. The molecule has 0 amide bonds. The highest BCUT2D eigenvalue weighted by Crippen LogP contribution is 2.36. The Labute approximate surface area is 165 Å². The monoisotopic (exact) mass is 388 g/mol. The topological polar surface area (TPSA) is 78.9 Å². The van der Waals surface area contributed by atoms with Gasteiger partial charge in [-0.15, -0.1) is 0 Å². The van der Waals surface area contributed by atoms with Gasteiger partial charge < -0.3 is 14.2 Å². The van der Waals surface area contributed by atoms with Crippen molar-refractivity contribution in [2.45, 2.75) is 59.2 Å². The molecule has 0 aromatic rings. The van der Waals surface area contributed by atoms with Gasteiger partial charge in [0.2, 0.25) is 0 Å². The van der Waals surface area contributed by atoms with Gasteiger partial charge >= 0.3 is 17.9 Å². The van der Waals surface area contributed by atoms with Crippen LogP contribution in [0.3, 0.4) is 0 Å². The molecule has 2 aliphatic rings. The number of carbonyl (C=O) groups is 3. The minimum atomic E-state index is -0.609. The second-order valence-electron chi connectivity index (χ2n) is 7.27. The molecule has 1 aliphatic heterocycles. The standard InChI is InChI=1S/C22H28O6/c1-6-17(12-26-16(5)23)22(25)28-19-11-14(3)9-7-8-13(2)10-18-20(19)15(4)21(24)27-18/h6,9-10,18-20H,4,7-8,11-12H2,1-3,5H3/b13-10+,14-9+,17-6-/t18-,19+,20+/m1/s1. The van der Waals surface area contributed by atoms with Gasteiger partial charge in [-0.2, -0.15) is 0 Å². The second-order valence-corrected chi connectivity index (χ2v) is 7.27. The van der Waals surface area contributed by atoms with Gasteiger partial charge in [0.1, 0.15) is 18.8 Å². The molecule has 1 fully saturated rings. The molecule has 0 aromatic carbocycles. The molecule has 0 N–H and O–H groups in total. The van der Waals surface area contributed by atoms with Crippen molar-refractivity contribution in [3.8, 4) is 0 Å². The van der Waals surface area contributed by atoms with Crippen molar-refractivity contribution in [1.82, 2.24) is 0 Å². The third kappa shape index (κ3) is 5.44. The van der Waals surface area contributed by atoms with Crippen LogP contribution in [0.2, 0.25) is 0 Å². The zero-order valence-corrected chi connectivity index (χ0v) is 16.9. The Morgan fingerprint density at radius 3 is 2.68 bits per heavy atom. The number of allylic oxidation sites excluding steroid dienone is 3. The smallest absolute Gasteiger partial charge is 0.337 e. The van der Waals surface area contributed by atoms with E-state index < -0.39 is 36.0 Å². The molecule has 28 heavy (non-hydrogen) atoms. The van der Waals surface area contributed by atoms with Crippen molar-refractivity contribution in [3.05, 3.63) is 47.1 Å². The van der Waals surface area contributed by atoms with E-state index in [2.05, 4.69) is 12.7 Å². The molecule has 0 spiro atoms. The molecule has 0 bridgehead atoms. The van der Waals surface area contributed by atoms with E-state index in [-0.39, 0.29) is 12.2 Å². The van der Waals surface area contributed by atoms with Crippen LogP contribution in [0.1, 0.15) is 47.0 Å². The summed E-state index contributed by atoms with van der Waals surface area (Å²) in [5, 5.41) is 0. The van der Waals surface area contributed by atoms with Gasteiger partial charge in [-0.05, 0) is 39.7 Å². The largest absolute Gasteiger partial charge is 0.461 e. The Hall–Kier alpha value is -2.63. The highest BCUT2D eigenvalue weighted by Gasteiger charge is 2.44. The van der Waals surface area contributed by atoms with Gasteiger partial charge in [-0.3, -0.25) is 4.79 Å². The molecule has 0 saturated carbocycles. The average Bonchev–Trinajstić information content (AvgIpc) is 2.88. The summed E-state index contributed by atoms with van der Waals surface area (Å²) in [5.41, 5.74) is 2.73. The number of hydrogen-bond donors (Lipinski definition) is 0. The molecule has 1 aliphatic carbocycles. The lowest BCUT2D eigenvalue weighted by Gasteiger charge is -2.27. The van der Waals surface area contributed by atoms with Gasteiger partial charge in [-0.25, -0.2) is 9.59 Å². The molecule has 0 radical (unpaired) electrons. The Morgan fingerprint density at radius 1 is 1.32 bits per heavy atom. The fourth-order valence-electron chi connectivity index (χ4n) is 3.39. The fraction of sp³-hybridized carbons (Fsp3) is 0.500. The summed E-state index contributed by atoms with van der Waals surface area (Å²) in [6, 6.07) is 0. The maximum Gasteiger partial charge on any atom is 0.337 e. The predicted octanol–water partition coefficient (Wildman–Crippen LogP) is 3.58. The van der Waals surface area contributed by atoms with Gasteiger partial charge in [0.05, 0.1) is 11.5 Å². The molecular weight excluding hydrogens is 360 g/mol. The summed E-state index contributed by atoms with van der Waals surface area (Å²) in [6.07, 6.45) is 6.70. The van der Waals surface area contributed by atoms with Crippen molar-refractivity contribution in [3.63, 3.8) is 0 Å². The van der Waals surface area contributed by atoms with Crippen LogP contribution in [0.15, 0.2) is 47.1 Å². The quantitative estimate of drug-likeness (QED) is 0.317. The van der Waals surface area contributed by atoms with E-state index in [9.17, 15) is 14.4 Å². The first-order chi connectivity index (χ1) is 13.2. The summed E-state index contributed by atoms with van der Waals surface area (Å²) in [6.45, 7) is 10.6. The number of fused-ring (bicyclic) bond motifs is 1. The maximum absolute atomic E-state index is 12.7.